The first-order chi connectivity index (χ1) is 15.7. The predicted octanol–water partition coefficient (Wildman–Crippen LogP) is 6.37. The Hall–Kier alpha value is -3.66. The van der Waals surface area contributed by atoms with Crippen LogP contribution in [-0.4, -0.2) is 15.7 Å². The van der Waals surface area contributed by atoms with Crippen LogP contribution in [0.15, 0.2) is 91.0 Å². The highest BCUT2D eigenvalue weighted by Crippen LogP contribution is 2.29. The second-order valence-electron chi connectivity index (χ2n) is 7.88. The van der Waals surface area contributed by atoms with E-state index in [1.807, 2.05) is 83.5 Å². The first-order valence-corrected chi connectivity index (χ1v) is 11.3. The van der Waals surface area contributed by atoms with E-state index < -0.39 is 0 Å². The van der Waals surface area contributed by atoms with Crippen molar-refractivity contribution in [3.05, 3.63) is 108 Å². The highest BCUT2D eigenvalue weighted by atomic mass is 16.1. The van der Waals surface area contributed by atoms with Crippen LogP contribution in [-0.2, 0) is 6.42 Å². The zero-order chi connectivity index (χ0) is 22.3. The summed E-state index contributed by atoms with van der Waals surface area (Å²) in [6.07, 6.45) is 2.49. The summed E-state index contributed by atoms with van der Waals surface area (Å²) in [5.74, 6) is -0.0785. The maximum atomic E-state index is 13.8. The lowest BCUT2D eigenvalue weighted by Crippen LogP contribution is -2.29. The van der Waals surface area contributed by atoms with Gasteiger partial charge in [0.1, 0.15) is 5.69 Å². The van der Waals surface area contributed by atoms with Gasteiger partial charge in [-0.25, -0.2) is 4.68 Å². The SMILES string of the molecule is CCCc1c(C(=O)N[C@@H](CC)c2ccccc2)c(-c2ccccc2)nn1-c1ccccc1. The van der Waals surface area contributed by atoms with Crippen molar-refractivity contribution in [1.82, 2.24) is 15.1 Å². The minimum absolute atomic E-state index is 0.0538. The first kappa shape index (κ1) is 21.6. The monoisotopic (exact) mass is 423 g/mol. The second kappa shape index (κ2) is 10.1. The number of para-hydroxylation sites is 1. The maximum Gasteiger partial charge on any atom is 0.255 e. The molecule has 0 aliphatic heterocycles. The number of nitrogens with zero attached hydrogens (tertiary/aromatic N) is 2. The van der Waals surface area contributed by atoms with Gasteiger partial charge in [-0.1, -0.05) is 99.1 Å². The number of carbonyl (C=O) groups is 1. The van der Waals surface area contributed by atoms with Crippen LogP contribution in [0.3, 0.4) is 0 Å². The van der Waals surface area contributed by atoms with Crippen molar-refractivity contribution in [3.8, 4) is 16.9 Å². The number of amides is 1. The molecule has 1 amide bonds. The van der Waals surface area contributed by atoms with E-state index in [0.717, 1.165) is 47.5 Å². The Morgan fingerprint density at radius 2 is 1.47 bits per heavy atom. The Bertz CT molecular complexity index is 1150. The number of hydrogen-bond donors (Lipinski definition) is 1. The van der Waals surface area contributed by atoms with Gasteiger partial charge in [0.15, 0.2) is 0 Å². The molecule has 0 bridgehead atoms. The van der Waals surface area contributed by atoms with E-state index >= 15 is 0 Å². The molecule has 32 heavy (non-hydrogen) atoms. The van der Waals surface area contributed by atoms with Crippen molar-refractivity contribution in [2.45, 2.75) is 39.2 Å². The summed E-state index contributed by atoms with van der Waals surface area (Å²) in [7, 11) is 0. The van der Waals surface area contributed by atoms with Crippen molar-refractivity contribution in [3.63, 3.8) is 0 Å². The van der Waals surface area contributed by atoms with Crippen LogP contribution in [0.5, 0.6) is 0 Å². The fourth-order valence-corrected chi connectivity index (χ4v) is 4.08. The van der Waals surface area contributed by atoms with Gasteiger partial charge in [-0.2, -0.15) is 5.10 Å². The van der Waals surface area contributed by atoms with Crippen molar-refractivity contribution in [2.75, 3.05) is 0 Å². The van der Waals surface area contributed by atoms with Crippen LogP contribution in [0.25, 0.3) is 16.9 Å². The normalized spacial score (nSPS) is 11.8. The molecule has 1 atom stereocenters. The van der Waals surface area contributed by atoms with Gasteiger partial charge in [0.25, 0.3) is 5.91 Å². The molecule has 0 aliphatic rings. The number of carbonyl (C=O) groups excluding carboxylic acids is 1. The molecular weight excluding hydrogens is 394 g/mol. The molecule has 4 heteroatoms. The van der Waals surface area contributed by atoms with E-state index in [4.69, 9.17) is 5.10 Å². The van der Waals surface area contributed by atoms with Crippen molar-refractivity contribution < 1.29 is 4.79 Å². The third kappa shape index (κ3) is 4.50. The molecule has 3 aromatic carbocycles. The molecule has 4 rings (SSSR count). The predicted molar refractivity (Wildman–Crippen MR) is 130 cm³/mol. The highest BCUT2D eigenvalue weighted by Gasteiger charge is 2.26. The minimum atomic E-state index is -0.0785. The Balaban J connectivity index is 1.83. The van der Waals surface area contributed by atoms with Crippen molar-refractivity contribution in [2.24, 2.45) is 0 Å². The fourth-order valence-electron chi connectivity index (χ4n) is 4.08. The number of rotatable bonds is 8. The summed E-state index contributed by atoms with van der Waals surface area (Å²) in [5.41, 5.74) is 5.34. The summed E-state index contributed by atoms with van der Waals surface area (Å²) in [4.78, 5) is 13.8. The van der Waals surface area contributed by atoms with E-state index in [1.165, 1.54) is 0 Å². The second-order valence-corrected chi connectivity index (χ2v) is 7.88. The Morgan fingerprint density at radius 3 is 2.06 bits per heavy atom. The van der Waals surface area contributed by atoms with E-state index in [1.54, 1.807) is 0 Å². The zero-order valence-electron chi connectivity index (χ0n) is 18.7. The molecule has 0 saturated heterocycles. The Labute approximate surface area is 189 Å². The van der Waals surface area contributed by atoms with Gasteiger partial charge in [-0.3, -0.25) is 4.79 Å². The summed E-state index contributed by atoms with van der Waals surface area (Å²) in [5, 5.41) is 8.23. The van der Waals surface area contributed by atoms with Crippen LogP contribution in [0, 0.1) is 0 Å². The van der Waals surface area contributed by atoms with Gasteiger partial charge in [-0.15, -0.1) is 0 Å². The van der Waals surface area contributed by atoms with E-state index in [0.29, 0.717) is 5.56 Å². The Morgan fingerprint density at radius 1 is 0.875 bits per heavy atom. The average Bonchev–Trinajstić information content (AvgIpc) is 3.23. The van der Waals surface area contributed by atoms with Gasteiger partial charge in [-0.05, 0) is 30.5 Å². The van der Waals surface area contributed by atoms with Crippen LogP contribution in [0.2, 0.25) is 0 Å². The van der Waals surface area contributed by atoms with E-state index in [-0.39, 0.29) is 11.9 Å². The molecule has 162 valence electrons. The standard InChI is InChI=1S/C28H29N3O/c1-3-14-25-26(28(32)29-24(4-2)21-15-8-5-9-16-21)27(22-17-10-6-11-18-22)30-31(25)23-19-12-7-13-20-23/h5-13,15-20,24H,3-4,14H2,1-2H3,(H,29,32)/t24-/m0/s1. The molecule has 1 aromatic heterocycles. The number of nitrogens with one attached hydrogen (secondary N) is 1. The van der Waals surface area contributed by atoms with Crippen LogP contribution in [0.4, 0.5) is 0 Å². The van der Waals surface area contributed by atoms with Crippen LogP contribution in [0.1, 0.15) is 54.3 Å². The largest absolute Gasteiger partial charge is 0.345 e. The lowest BCUT2D eigenvalue weighted by Gasteiger charge is -2.18. The van der Waals surface area contributed by atoms with Gasteiger partial charge < -0.3 is 5.32 Å². The molecule has 1 N–H and O–H groups in total. The molecule has 0 radical (unpaired) electrons. The summed E-state index contributed by atoms with van der Waals surface area (Å²) in [6.45, 7) is 4.22. The average molecular weight is 424 g/mol. The maximum absolute atomic E-state index is 13.8. The van der Waals surface area contributed by atoms with Crippen molar-refractivity contribution in [1.29, 1.82) is 0 Å². The van der Waals surface area contributed by atoms with Gasteiger partial charge >= 0.3 is 0 Å². The molecular formula is C28H29N3O. The van der Waals surface area contributed by atoms with E-state index in [9.17, 15) is 4.79 Å². The molecule has 1 heterocycles. The van der Waals surface area contributed by atoms with Crippen molar-refractivity contribution >= 4 is 5.91 Å². The Kier molecular flexibility index (Phi) is 6.81. The molecule has 0 spiro atoms. The summed E-state index contributed by atoms with van der Waals surface area (Å²) < 4.78 is 1.93. The lowest BCUT2D eigenvalue weighted by molar-refractivity contribution is 0.0935. The first-order valence-electron chi connectivity index (χ1n) is 11.3. The van der Waals surface area contributed by atoms with Gasteiger partial charge in [0.05, 0.1) is 23.0 Å². The number of aromatic nitrogens is 2. The summed E-state index contributed by atoms with van der Waals surface area (Å²) in [6, 6.07) is 30.1. The quantitative estimate of drug-likeness (QED) is 0.358. The lowest BCUT2D eigenvalue weighted by atomic mass is 10.0. The molecule has 0 aliphatic carbocycles. The molecule has 0 fully saturated rings. The topological polar surface area (TPSA) is 46.9 Å². The van der Waals surface area contributed by atoms with Crippen LogP contribution < -0.4 is 5.32 Å². The number of hydrogen-bond acceptors (Lipinski definition) is 2. The summed E-state index contributed by atoms with van der Waals surface area (Å²) >= 11 is 0. The highest BCUT2D eigenvalue weighted by molar-refractivity contribution is 6.01. The molecule has 4 nitrogen and oxygen atoms in total. The zero-order valence-corrected chi connectivity index (χ0v) is 18.7. The molecule has 0 unspecified atom stereocenters. The smallest absolute Gasteiger partial charge is 0.255 e. The van der Waals surface area contributed by atoms with Gasteiger partial charge in [0.2, 0.25) is 0 Å². The van der Waals surface area contributed by atoms with Crippen LogP contribution >= 0.6 is 0 Å². The fraction of sp³-hybridized carbons (Fsp3) is 0.214. The minimum Gasteiger partial charge on any atom is -0.345 e. The van der Waals surface area contributed by atoms with E-state index in [2.05, 4.69) is 31.3 Å². The third-order valence-corrected chi connectivity index (χ3v) is 5.66. The molecule has 4 aromatic rings. The third-order valence-electron chi connectivity index (χ3n) is 5.66. The molecule has 0 saturated carbocycles. The van der Waals surface area contributed by atoms with Gasteiger partial charge in [0, 0.05) is 5.56 Å². The number of benzene rings is 3.